The molecule has 0 radical (unpaired) electrons. The Kier molecular flexibility index (Phi) is 4.90. The van der Waals surface area contributed by atoms with Crippen molar-refractivity contribution in [3.8, 4) is 11.5 Å². The van der Waals surface area contributed by atoms with Gasteiger partial charge in [0.15, 0.2) is 5.76 Å². The van der Waals surface area contributed by atoms with Gasteiger partial charge in [-0.3, -0.25) is 4.79 Å². The molecule has 25 heavy (non-hydrogen) atoms. The first kappa shape index (κ1) is 17.2. The van der Waals surface area contributed by atoms with Crippen LogP contribution in [0.4, 0.5) is 4.79 Å². The number of hydrogen-bond acceptors (Lipinski definition) is 5. The van der Waals surface area contributed by atoms with E-state index in [1.807, 2.05) is 32.2 Å². The third-order valence-electron chi connectivity index (χ3n) is 4.03. The van der Waals surface area contributed by atoms with Crippen LogP contribution in [-0.2, 0) is 0 Å². The third-order valence-corrected chi connectivity index (χ3v) is 5.00. The minimum absolute atomic E-state index is 0.163. The molecule has 1 aromatic carbocycles. The van der Waals surface area contributed by atoms with E-state index < -0.39 is 6.09 Å². The third kappa shape index (κ3) is 3.44. The molecule has 0 fully saturated rings. The van der Waals surface area contributed by atoms with Gasteiger partial charge in [-0.2, -0.15) is 0 Å². The van der Waals surface area contributed by atoms with Crippen LogP contribution >= 0.6 is 11.3 Å². The van der Waals surface area contributed by atoms with Gasteiger partial charge in [-0.15, -0.1) is 11.3 Å². The van der Waals surface area contributed by atoms with Crippen LogP contribution in [-0.4, -0.2) is 29.9 Å². The van der Waals surface area contributed by atoms with Crippen LogP contribution in [0.5, 0.6) is 11.5 Å². The molecule has 0 spiro atoms. The number of fused-ring (bicyclic) bond motifs is 1. The molecule has 0 atom stereocenters. The van der Waals surface area contributed by atoms with E-state index in [0.29, 0.717) is 30.2 Å². The maximum absolute atomic E-state index is 12.5. The second-order valence-corrected chi connectivity index (χ2v) is 6.55. The lowest BCUT2D eigenvalue weighted by Gasteiger charge is -2.17. The molecule has 0 aliphatic carbocycles. The van der Waals surface area contributed by atoms with Crippen molar-refractivity contribution in [2.24, 2.45) is 0 Å². The van der Waals surface area contributed by atoms with Crippen molar-refractivity contribution >= 4 is 29.3 Å². The summed E-state index contributed by atoms with van der Waals surface area (Å²) in [6.45, 7) is 6.91. The van der Waals surface area contributed by atoms with Crippen molar-refractivity contribution in [1.82, 2.24) is 4.90 Å². The van der Waals surface area contributed by atoms with Crippen LogP contribution in [0.3, 0.4) is 0 Å². The Bertz CT molecular complexity index is 849. The number of rotatable bonds is 4. The van der Waals surface area contributed by atoms with Crippen molar-refractivity contribution < 1.29 is 19.1 Å². The van der Waals surface area contributed by atoms with Gasteiger partial charge in [0.1, 0.15) is 11.5 Å². The van der Waals surface area contributed by atoms with Crippen LogP contribution in [0.15, 0.2) is 35.4 Å². The van der Waals surface area contributed by atoms with Crippen molar-refractivity contribution in [2.45, 2.75) is 20.8 Å². The predicted molar refractivity (Wildman–Crippen MR) is 97.4 cm³/mol. The highest BCUT2D eigenvalue weighted by Gasteiger charge is 2.28. The summed E-state index contributed by atoms with van der Waals surface area (Å²) in [6, 6.07) is 6.82. The Hall–Kier alpha value is -2.60. The Morgan fingerprint density at radius 3 is 2.68 bits per heavy atom. The Morgan fingerprint density at radius 2 is 2.04 bits per heavy atom. The lowest BCUT2D eigenvalue weighted by atomic mass is 10.1. The van der Waals surface area contributed by atoms with E-state index in [9.17, 15) is 9.59 Å². The molecule has 6 heteroatoms. The maximum Gasteiger partial charge on any atom is 0.415 e. The standard InChI is InChI=1S/C19H19NO4S/c1-4-20(5-2)19(22)23-13-6-7-14-15(10-13)24-16(18(14)21)11-17-12(3)8-9-25-17/h6-11H,4-5H2,1-3H3/b16-11+. The zero-order valence-electron chi connectivity index (χ0n) is 14.4. The summed E-state index contributed by atoms with van der Waals surface area (Å²) in [5, 5.41) is 1.97. The molecule has 1 amide bonds. The van der Waals surface area contributed by atoms with E-state index >= 15 is 0 Å². The van der Waals surface area contributed by atoms with Gasteiger partial charge in [-0.25, -0.2) is 4.79 Å². The van der Waals surface area contributed by atoms with E-state index in [1.54, 1.807) is 40.5 Å². The largest absolute Gasteiger partial charge is 0.452 e. The molecular formula is C19H19NO4S. The van der Waals surface area contributed by atoms with E-state index in [4.69, 9.17) is 9.47 Å². The molecule has 1 aliphatic heterocycles. The number of allylic oxidation sites excluding steroid dienone is 1. The molecule has 2 heterocycles. The van der Waals surface area contributed by atoms with Crippen molar-refractivity contribution in [1.29, 1.82) is 0 Å². The van der Waals surface area contributed by atoms with Crippen LogP contribution in [0.2, 0.25) is 0 Å². The number of hydrogen-bond donors (Lipinski definition) is 0. The van der Waals surface area contributed by atoms with Gasteiger partial charge in [-0.1, -0.05) is 0 Å². The first-order chi connectivity index (χ1) is 12.0. The molecule has 130 valence electrons. The maximum atomic E-state index is 12.5. The Morgan fingerprint density at radius 1 is 1.28 bits per heavy atom. The molecule has 1 aromatic heterocycles. The van der Waals surface area contributed by atoms with E-state index in [0.717, 1.165) is 10.4 Å². The van der Waals surface area contributed by atoms with E-state index in [-0.39, 0.29) is 11.5 Å². The number of amides is 1. The molecule has 0 saturated heterocycles. The van der Waals surface area contributed by atoms with Crippen molar-refractivity contribution in [3.05, 3.63) is 51.4 Å². The van der Waals surface area contributed by atoms with Gasteiger partial charge in [0.05, 0.1) is 5.56 Å². The fourth-order valence-corrected chi connectivity index (χ4v) is 3.38. The van der Waals surface area contributed by atoms with Gasteiger partial charge in [-0.05, 0) is 49.9 Å². The summed E-state index contributed by atoms with van der Waals surface area (Å²) in [4.78, 5) is 27.1. The van der Waals surface area contributed by atoms with Crippen LogP contribution in [0.25, 0.3) is 6.08 Å². The SMILES string of the molecule is CCN(CC)C(=O)Oc1ccc2c(c1)O/C(=C/c1sccc1C)C2=O. The van der Waals surface area contributed by atoms with Gasteiger partial charge in [0.25, 0.3) is 0 Å². The lowest BCUT2D eigenvalue weighted by molar-refractivity contribution is 0.101. The number of nitrogens with zero attached hydrogens (tertiary/aromatic N) is 1. The molecule has 2 aromatic rings. The molecule has 0 unspecified atom stereocenters. The number of carbonyl (C=O) groups is 2. The fourth-order valence-electron chi connectivity index (χ4n) is 2.53. The molecule has 0 saturated carbocycles. The van der Waals surface area contributed by atoms with E-state index in [2.05, 4.69) is 0 Å². The summed E-state index contributed by atoms with van der Waals surface area (Å²) in [7, 11) is 0. The van der Waals surface area contributed by atoms with Crippen LogP contribution in [0.1, 0.15) is 34.6 Å². The summed E-state index contributed by atoms with van der Waals surface area (Å²) < 4.78 is 11.1. The van der Waals surface area contributed by atoms with Gasteiger partial charge in [0.2, 0.25) is 5.78 Å². The normalized spacial score (nSPS) is 14.4. The van der Waals surface area contributed by atoms with Gasteiger partial charge in [0, 0.05) is 30.1 Å². The molecule has 1 aliphatic rings. The number of thiophene rings is 1. The molecule has 3 rings (SSSR count). The highest BCUT2D eigenvalue weighted by molar-refractivity contribution is 7.11. The van der Waals surface area contributed by atoms with Gasteiger partial charge >= 0.3 is 6.09 Å². The number of ketones is 1. The number of ether oxygens (including phenoxy) is 2. The summed E-state index contributed by atoms with van der Waals surface area (Å²) in [5.74, 6) is 0.893. The highest BCUT2D eigenvalue weighted by Crippen LogP contribution is 2.35. The monoisotopic (exact) mass is 357 g/mol. The summed E-state index contributed by atoms with van der Waals surface area (Å²) >= 11 is 1.55. The number of aryl methyl sites for hydroxylation is 1. The molecule has 5 nitrogen and oxygen atoms in total. The van der Waals surface area contributed by atoms with E-state index in [1.165, 1.54) is 0 Å². The predicted octanol–water partition coefficient (Wildman–Crippen LogP) is 4.51. The topological polar surface area (TPSA) is 55.8 Å². The highest BCUT2D eigenvalue weighted by atomic mass is 32.1. The molecule has 0 bridgehead atoms. The first-order valence-electron chi connectivity index (χ1n) is 8.12. The molecular weight excluding hydrogens is 338 g/mol. The average Bonchev–Trinajstić information content (AvgIpc) is 3.13. The number of benzene rings is 1. The summed E-state index contributed by atoms with van der Waals surface area (Å²) in [5.41, 5.74) is 1.57. The summed E-state index contributed by atoms with van der Waals surface area (Å²) in [6.07, 6.45) is 1.34. The second kappa shape index (κ2) is 7.11. The lowest BCUT2D eigenvalue weighted by Crippen LogP contribution is -2.33. The molecule has 0 N–H and O–H groups in total. The van der Waals surface area contributed by atoms with Crippen molar-refractivity contribution in [2.75, 3.05) is 13.1 Å². The number of Topliss-reactive ketones (excluding diaryl/α,β-unsaturated/α-hetero) is 1. The smallest absolute Gasteiger partial charge is 0.415 e. The fraction of sp³-hybridized carbons (Fsp3) is 0.263. The minimum atomic E-state index is -0.417. The average molecular weight is 357 g/mol. The zero-order valence-corrected chi connectivity index (χ0v) is 15.2. The van der Waals surface area contributed by atoms with Crippen LogP contribution in [0, 0.1) is 6.92 Å². The minimum Gasteiger partial charge on any atom is -0.452 e. The zero-order chi connectivity index (χ0) is 18.0. The second-order valence-electron chi connectivity index (χ2n) is 5.61. The first-order valence-corrected chi connectivity index (χ1v) is 9.00. The number of carbonyl (C=O) groups excluding carboxylic acids is 2. The quantitative estimate of drug-likeness (QED) is 0.755. The Labute approximate surface area is 150 Å². The van der Waals surface area contributed by atoms with Gasteiger partial charge < -0.3 is 14.4 Å². The van der Waals surface area contributed by atoms with Crippen LogP contribution < -0.4 is 9.47 Å². The van der Waals surface area contributed by atoms with Crippen molar-refractivity contribution in [3.63, 3.8) is 0 Å². The Balaban J connectivity index is 1.81.